The maximum absolute atomic E-state index is 12.8. The van der Waals surface area contributed by atoms with Crippen molar-refractivity contribution in [2.45, 2.75) is 13.0 Å². The van der Waals surface area contributed by atoms with E-state index in [2.05, 4.69) is 25.4 Å². The van der Waals surface area contributed by atoms with Gasteiger partial charge in [0.1, 0.15) is 11.8 Å². The van der Waals surface area contributed by atoms with Crippen molar-refractivity contribution in [2.75, 3.05) is 18.5 Å². The van der Waals surface area contributed by atoms with Gasteiger partial charge in [-0.1, -0.05) is 0 Å². The van der Waals surface area contributed by atoms with Gasteiger partial charge in [-0.05, 0) is 18.6 Å². The average molecular weight is 378 g/mol. The van der Waals surface area contributed by atoms with Gasteiger partial charge in [0.2, 0.25) is 5.95 Å². The highest BCUT2D eigenvalue weighted by molar-refractivity contribution is 5.73. The van der Waals surface area contributed by atoms with Gasteiger partial charge in [0.15, 0.2) is 11.3 Å². The third kappa shape index (κ3) is 2.09. The predicted octanol–water partition coefficient (Wildman–Crippen LogP) is 1.04. The molecule has 1 aliphatic carbocycles. The Hall–Kier alpha value is -3.27. The predicted molar refractivity (Wildman–Crippen MR) is 101 cm³/mol. The van der Waals surface area contributed by atoms with Crippen LogP contribution in [0.2, 0.25) is 0 Å². The number of fused-ring (bicyclic) bond motifs is 3. The van der Waals surface area contributed by atoms with Crippen molar-refractivity contribution in [2.24, 2.45) is 18.9 Å². The molecule has 0 aromatic carbocycles. The van der Waals surface area contributed by atoms with Crippen LogP contribution in [0.5, 0.6) is 0 Å². The van der Waals surface area contributed by atoms with Gasteiger partial charge in [0.25, 0.3) is 0 Å². The zero-order valence-electron chi connectivity index (χ0n) is 15.4. The minimum absolute atomic E-state index is 0.0546. The molecule has 0 amide bonds. The lowest BCUT2D eigenvalue weighted by Crippen LogP contribution is -2.23. The third-order valence-corrected chi connectivity index (χ3v) is 5.91. The van der Waals surface area contributed by atoms with E-state index in [0.717, 1.165) is 22.4 Å². The van der Waals surface area contributed by atoms with E-state index in [1.807, 2.05) is 23.8 Å². The number of pyridine rings is 1. The lowest BCUT2D eigenvalue weighted by Gasteiger charge is -2.09. The molecule has 6 rings (SSSR count). The van der Waals surface area contributed by atoms with E-state index in [9.17, 15) is 4.79 Å². The molecule has 4 aromatic heterocycles. The molecule has 1 saturated heterocycles. The molecule has 1 aliphatic heterocycles. The van der Waals surface area contributed by atoms with Gasteiger partial charge in [-0.3, -0.25) is 9.13 Å². The van der Waals surface area contributed by atoms with Gasteiger partial charge in [0.05, 0.1) is 37.3 Å². The standard InChI is InChI=1S/C18H18N8O2/c1-9-3-14-20-8-21-25(14)5-12(9)22-17-19-4-13-16(23-17)26(18(27)24(13)2)15-10-6-28-7-11(10)15/h3-5,8,10-11,15H,6-7H2,1-2H3,(H,19,22,23)/t10-,11+,15?. The lowest BCUT2D eigenvalue weighted by molar-refractivity contribution is 0.152. The van der Waals surface area contributed by atoms with E-state index < -0.39 is 0 Å². The van der Waals surface area contributed by atoms with E-state index in [0.29, 0.717) is 36.6 Å². The Bertz CT molecular complexity index is 1290. The molecule has 10 heteroatoms. The van der Waals surface area contributed by atoms with Crippen molar-refractivity contribution in [3.8, 4) is 0 Å². The summed E-state index contributed by atoms with van der Waals surface area (Å²) in [7, 11) is 1.76. The summed E-state index contributed by atoms with van der Waals surface area (Å²) >= 11 is 0. The van der Waals surface area contributed by atoms with Gasteiger partial charge in [-0.15, -0.1) is 0 Å². The fourth-order valence-corrected chi connectivity index (χ4v) is 4.27. The highest BCUT2D eigenvalue weighted by atomic mass is 16.5. The number of aryl methyl sites for hydroxylation is 2. The number of ether oxygens (including phenoxy) is 1. The minimum Gasteiger partial charge on any atom is -0.381 e. The molecule has 28 heavy (non-hydrogen) atoms. The topological polar surface area (TPSA) is 104 Å². The van der Waals surface area contributed by atoms with Crippen LogP contribution in [0, 0.1) is 18.8 Å². The van der Waals surface area contributed by atoms with Gasteiger partial charge < -0.3 is 10.1 Å². The minimum atomic E-state index is -0.0546. The summed E-state index contributed by atoms with van der Waals surface area (Å²) in [5, 5.41) is 7.42. The van der Waals surface area contributed by atoms with Crippen LogP contribution < -0.4 is 11.0 Å². The smallest absolute Gasteiger partial charge is 0.330 e. The number of nitrogens with one attached hydrogen (secondary N) is 1. The van der Waals surface area contributed by atoms with E-state index in [4.69, 9.17) is 4.74 Å². The summed E-state index contributed by atoms with van der Waals surface area (Å²) in [4.78, 5) is 26.1. The number of rotatable bonds is 3. The second-order valence-electron chi connectivity index (χ2n) is 7.53. The van der Waals surface area contributed by atoms with Crippen LogP contribution >= 0.6 is 0 Å². The van der Waals surface area contributed by atoms with Crippen LogP contribution in [0.4, 0.5) is 11.6 Å². The van der Waals surface area contributed by atoms with Crippen LogP contribution in [0.15, 0.2) is 29.6 Å². The molecular formula is C18H18N8O2. The lowest BCUT2D eigenvalue weighted by atomic mass is 10.2. The Morgan fingerprint density at radius 1 is 1.25 bits per heavy atom. The van der Waals surface area contributed by atoms with Gasteiger partial charge in [0, 0.05) is 18.9 Å². The third-order valence-electron chi connectivity index (χ3n) is 5.91. The summed E-state index contributed by atoms with van der Waals surface area (Å²) < 4.78 is 10.6. The fourth-order valence-electron chi connectivity index (χ4n) is 4.27. The summed E-state index contributed by atoms with van der Waals surface area (Å²) in [6.45, 7) is 3.41. The van der Waals surface area contributed by atoms with Gasteiger partial charge in [-0.2, -0.15) is 10.1 Å². The summed E-state index contributed by atoms with van der Waals surface area (Å²) in [6.07, 6.45) is 5.06. The van der Waals surface area contributed by atoms with Crippen molar-refractivity contribution in [3.05, 3.63) is 40.8 Å². The first kappa shape index (κ1) is 15.8. The van der Waals surface area contributed by atoms with Crippen molar-refractivity contribution in [3.63, 3.8) is 0 Å². The number of anilines is 2. The van der Waals surface area contributed by atoms with Crippen LogP contribution in [0.25, 0.3) is 16.8 Å². The van der Waals surface area contributed by atoms with Crippen LogP contribution in [-0.4, -0.2) is 46.9 Å². The van der Waals surface area contributed by atoms with E-state index in [1.54, 1.807) is 22.3 Å². The molecule has 1 N–H and O–H groups in total. The molecule has 2 aliphatic rings. The molecule has 3 atom stereocenters. The Kier molecular flexibility index (Phi) is 3.03. The first-order chi connectivity index (χ1) is 13.6. The molecular weight excluding hydrogens is 360 g/mol. The van der Waals surface area contributed by atoms with Crippen molar-refractivity contribution < 1.29 is 4.74 Å². The molecule has 5 heterocycles. The first-order valence-corrected chi connectivity index (χ1v) is 9.20. The molecule has 2 fully saturated rings. The highest BCUT2D eigenvalue weighted by Crippen LogP contribution is 2.54. The average Bonchev–Trinajstić information content (AvgIpc) is 3.06. The quantitative estimate of drug-likeness (QED) is 0.568. The van der Waals surface area contributed by atoms with Crippen molar-refractivity contribution in [1.82, 2.24) is 33.7 Å². The number of imidazole rings is 1. The molecule has 1 unspecified atom stereocenters. The van der Waals surface area contributed by atoms with E-state index in [1.165, 1.54) is 6.33 Å². The Labute approximate surface area is 158 Å². The van der Waals surface area contributed by atoms with E-state index >= 15 is 0 Å². The summed E-state index contributed by atoms with van der Waals surface area (Å²) in [6, 6.07) is 2.11. The normalized spacial score (nSPS) is 23.4. The largest absolute Gasteiger partial charge is 0.381 e. The molecule has 142 valence electrons. The Morgan fingerprint density at radius 3 is 2.89 bits per heavy atom. The number of aromatic nitrogens is 7. The second kappa shape index (κ2) is 5.38. The monoisotopic (exact) mass is 378 g/mol. The van der Waals surface area contributed by atoms with Crippen molar-refractivity contribution in [1.29, 1.82) is 0 Å². The SMILES string of the molecule is Cc1cc2ncnn2cc1Nc1ncc2c(n1)n(C1[C@H]3COC[C@@H]13)c(=O)n2C. The molecule has 0 radical (unpaired) electrons. The maximum atomic E-state index is 12.8. The van der Waals surface area contributed by atoms with Crippen LogP contribution in [0.3, 0.4) is 0 Å². The second-order valence-corrected chi connectivity index (χ2v) is 7.53. The molecule has 0 spiro atoms. The highest BCUT2D eigenvalue weighted by Gasteiger charge is 2.56. The molecule has 0 bridgehead atoms. The number of hydrogen-bond acceptors (Lipinski definition) is 7. The fraction of sp³-hybridized carbons (Fsp3) is 0.389. The van der Waals surface area contributed by atoms with Crippen molar-refractivity contribution >= 4 is 28.4 Å². The van der Waals surface area contributed by atoms with Gasteiger partial charge >= 0.3 is 5.69 Å². The van der Waals surface area contributed by atoms with E-state index in [-0.39, 0.29) is 11.7 Å². The number of hydrogen-bond donors (Lipinski definition) is 1. The Morgan fingerprint density at radius 2 is 2.07 bits per heavy atom. The zero-order chi connectivity index (χ0) is 19.0. The first-order valence-electron chi connectivity index (χ1n) is 9.20. The van der Waals surface area contributed by atoms with Gasteiger partial charge in [-0.25, -0.2) is 19.3 Å². The van der Waals surface area contributed by atoms with Crippen LogP contribution in [0.1, 0.15) is 11.6 Å². The summed E-state index contributed by atoms with van der Waals surface area (Å²) in [5.74, 6) is 1.26. The number of nitrogens with zero attached hydrogens (tertiary/aromatic N) is 7. The van der Waals surface area contributed by atoms with Crippen LogP contribution in [-0.2, 0) is 11.8 Å². The molecule has 10 nitrogen and oxygen atoms in total. The molecule has 1 saturated carbocycles. The Balaban J connectivity index is 1.44. The summed E-state index contributed by atoms with van der Waals surface area (Å²) in [5.41, 5.74) is 3.94. The molecule has 4 aromatic rings. The maximum Gasteiger partial charge on any atom is 0.330 e. The zero-order valence-corrected chi connectivity index (χ0v) is 15.4.